The molecule has 2 rings (SSSR count). The van der Waals surface area contributed by atoms with Crippen LogP contribution in [0.4, 0.5) is 0 Å². The molecule has 154 valence electrons. The summed E-state index contributed by atoms with van der Waals surface area (Å²) >= 11 is 0. The van der Waals surface area contributed by atoms with Crippen LogP contribution in [-0.4, -0.2) is 70.1 Å². The Morgan fingerprint density at radius 2 is 1.93 bits per heavy atom. The zero-order valence-corrected chi connectivity index (χ0v) is 17.0. The van der Waals surface area contributed by atoms with Crippen LogP contribution in [0.3, 0.4) is 0 Å². The van der Waals surface area contributed by atoms with Gasteiger partial charge in [0.05, 0.1) is 25.7 Å². The van der Waals surface area contributed by atoms with E-state index in [9.17, 15) is 18.0 Å². The molecule has 1 heterocycles. The highest BCUT2D eigenvalue weighted by Crippen LogP contribution is 2.28. The van der Waals surface area contributed by atoms with Crippen LogP contribution in [-0.2, 0) is 24.2 Å². The van der Waals surface area contributed by atoms with Gasteiger partial charge in [0.15, 0.2) is 27.9 Å². The van der Waals surface area contributed by atoms with Crippen LogP contribution in [0.1, 0.15) is 18.9 Å². The van der Waals surface area contributed by atoms with Gasteiger partial charge in [0.2, 0.25) is 0 Å². The molecule has 0 bridgehead atoms. The molecule has 9 heteroatoms. The number of sulfone groups is 1. The van der Waals surface area contributed by atoms with Gasteiger partial charge in [0.1, 0.15) is 0 Å². The third kappa shape index (κ3) is 5.72. The molecular formula is C19H25NO7S. The SMILES string of the molecule is CCN(C(=O)COC(=O)/C=C/c1ccc(OC)c(OC)c1)[C@H]1CCS(=O)(=O)C1. The third-order valence-corrected chi connectivity index (χ3v) is 6.22. The Morgan fingerprint density at radius 3 is 2.50 bits per heavy atom. The van der Waals surface area contributed by atoms with Crippen LogP contribution >= 0.6 is 0 Å². The highest BCUT2D eigenvalue weighted by Gasteiger charge is 2.34. The highest BCUT2D eigenvalue weighted by atomic mass is 32.2. The molecule has 1 aliphatic rings. The van der Waals surface area contributed by atoms with Gasteiger partial charge in [-0.15, -0.1) is 0 Å². The monoisotopic (exact) mass is 411 g/mol. The second-order valence-corrected chi connectivity index (χ2v) is 8.52. The molecular weight excluding hydrogens is 386 g/mol. The number of rotatable bonds is 8. The standard InChI is InChI=1S/C19H25NO7S/c1-4-20(15-9-10-28(23,24)13-15)18(21)12-27-19(22)8-6-14-5-7-16(25-2)17(11-14)26-3/h5-8,11,15H,4,9-10,12-13H2,1-3H3/b8-6+/t15-/m0/s1. The van der Waals surface area contributed by atoms with E-state index in [1.54, 1.807) is 25.1 Å². The van der Waals surface area contributed by atoms with E-state index in [-0.39, 0.29) is 17.5 Å². The van der Waals surface area contributed by atoms with Gasteiger partial charge in [0.25, 0.3) is 5.91 Å². The Morgan fingerprint density at radius 1 is 1.21 bits per heavy atom. The molecule has 1 fully saturated rings. The summed E-state index contributed by atoms with van der Waals surface area (Å²) in [5, 5.41) is 0. The first-order valence-corrected chi connectivity index (χ1v) is 10.7. The fraction of sp³-hybridized carbons (Fsp3) is 0.474. The average Bonchev–Trinajstić information content (AvgIpc) is 3.04. The lowest BCUT2D eigenvalue weighted by molar-refractivity contribution is -0.149. The quantitative estimate of drug-likeness (QED) is 0.469. The molecule has 1 aromatic carbocycles. The number of hydrogen-bond donors (Lipinski definition) is 0. The molecule has 0 radical (unpaired) electrons. The molecule has 1 saturated heterocycles. The summed E-state index contributed by atoms with van der Waals surface area (Å²) in [6, 6.07) is 4.80. The molecule has 0 aliphatic carbocycles. The minimum Gasteiger partial charge on any atom is -0.493 e. The number of amides is 1. The summed E-state index contributed by atoms with van der Waals surface area (Å²) in [6.45, 7) is 1.69. The number of benzene rings is 1. The van der Waals surface area contributed by atoms with Crippen molar-refractivity contribution in [3.63, 3.8) is 0 Å². The first-order valence-electron chi connectivity index (χ1n) is 8.86. The Balaban J connectivity index is 1.90. The predicted octanol–water partition coefficient (Wildman–Crippen LogP) is 1.30. The lowest BCUT2D eigenvalue weighted by Gasteiger charge is -2.26. The third-order valence-electron chi connectivity index (χ3n) is 4.47. The maximum absolute atomic E-state index is 12.3. The van der Waals surface area contributed by atoms with Gasteiger partial charge < -0.3 is 19.1 Å². The number of carbonyl (C=O) groups excluding carboxylic acids is 2. The second-order valence-electron chi connectivity index (χ2n) is 6.29. The highest BCUT2D eigenvalue weighted by molar-refractivity contribution is 7.91. The number of methoxy groups -OCH3 is 2. The maximum Gasteiger partial charge on any atom is 0.331 e. The van der Waals surface area contributed by atoms with E-state index in [4.69, 9.17) is 14.2 Å². The first-order chi connectivity index (χ1) is 13.3. The summed E-state index contributed by atoms with van der Waals surface area (Å²) in [6.07, 6.45) is 3.16. The molecule has 1 atom stereocenters. The van der Waals surface area contributed by atoms with Crippen LogP contribution in [0.25, 0.3) is 6.08 Å². The average molecular weight is 411 g/mol. The van der Waals surface area contributed by atoms with Crippen molar-refractivity contribution < 1.29 is 32.2 Å². The van der Waals surface area contributed by atoms with Crippen molar-refractivity contribution >= 4 is 27.8 Å². The van der Waals surface area contributed by atoms with Gasteiger partial charge >= 0.3 is 5.97 Å². The Bertz CT molecular complexity index is 848. The van der Waals surface area contributed by atoms with Gasteiger partial charge in [0, 0.05) is 18.7 Å². The second kappa shape index (κ2) is 9.59. The number of likely N-dealkylation sites (N-methyl/N-ethyl adjacent to an activating group) is 1. The van der Waals surface area contributed by atoms with E-state index >= 15 is 0 Å². The lowest BCUT2D eigenvalue weighted by Crippen LogP contribution is -2.43. The fourth-order valence-electron chi connectivity index (χ4n) is 3.04. The molecule has 1 amide bonds. The lowest BCUT2D eigenvalue weighted by atomic mass is 10.2. The molecule has 8 nitrogen and oxygen atoms in total. The first kappa shape index (κ1) is 21.7. The van der Waals surface area contributed by atoms with Crippen molar-refractivity contribution in [1.29, 1.82) is 0 Å². The van der Waals surface area contributed by atoms with E-state index < -0.39 is 28.3 Å². The van der Waals surface area contributed by atoms with Crippen LogP contribution in [0, 0.1) is 0 Å². The zero-order chi connectivity index (χ0) is 20.7. The van der Waals surface area contributed by atoms with E-state index in [1.807, 2.05) is 0 Å². The summed E-state index contributed by atoms with van der Waals surface area (Å²) in [5.41, 5.74) is 0.701. The van der Waals surface area contributed by atoms with Crippen molar-refractivity contribution in [3.05, 3.63) is 29.8 Å². The number of hydrogen-bond acceptors (Lipinski definition) is 7. The Labute approximate surface area is 165 Å². The van der Waals surface area contributed by atoms with E-state index in [0.29, 0.717) is 30.0 Å². The molecule has 28 heavy (non-hydrogen) atoms. The number of esters is 1. The Hall–Kier alpha value is -2.55. The summed E-state index contributed by atoms with van der Waals surface area (Å²) in [7, 11) is -0.0532. The van der Waals surface area contributed by atoms with Crippen LogP contribution in [0.15, 0.2) is 24.3 Å². The van der Waals surface area contributed by atoms with Crippen molar-refractivity contribution in [2.45, 2.75) is 19.4 Å². The van der Waals surface area contributed by atoms with Gasteiger partial charge in [-0.2, -0.15) is 0 Å². The van der Waals surface area contributed by atoms with E-state index in [2.05, 4.69) is 0 Å². The zero-order valence-electron chi connectivity index (χ0n) is 16.2. The number of carbonyl (C=O) groups is 2. The van der Waals surface area contributed by atoms with Crippen molar-refractivity contribution in [2.24, 2.45) is 0 Å². The summed E-state index contributed by atoms with van der Waals surface area (Å²) in [5.74, 6) is 0.0603. The fourth-order valence-corrected chi connectivity index (χ4v) is 4.77. The van der Waals surface area contributed by atoms with Crippen LogP contribution in [0.2, 0.25) is 0 Å². The minimum atomic E-state index is -3.10. The molecule has 0 N–H and O–H groups in total. The Kier molecular flexibility index (Phi) is 7.45. The predicted molar refractivity (Wildman–Crippen MR) is 104 cm³/mol. The number of ether oxygens (including phenoxy) is 3. The van der Waals surface area contributed by atoms with Crippen molar-refractivity contribution in [1.82, 2.24) is 4.90 Å². The van der Waals surface area contributed by atoms with Crippen molar-refractivity contribution in [3.8, 4) is 11.5 Å². The normalized spacial score (nSPS) is 18.0. The van der Waals surface area contributed by atoms with Crippen LogP contribution < -0.4 is 9.47 Å². The largest absolute Gasteiger partial charge is 0.493 e. The summed E-state index contributed by atoms with van der Waals surface area (Å²) < 4.78 is 38.6. The van der Waals surface area contributed by atoms with E-state index in [0.717, 1.165) is 0 Å². The van der Waals surface area contributed by atoms with Gasteiger partial charge in [-0.05, 0) is 37.1 Å². The van der Waals surface area contributed by atoms with Crippen LogP contribution in [0.5, 0.6) is 11.5 Å². The van der Waals surface area contributed by atoms with E-state index in [1.165, 1.54) is 31.3 Å². The molecule has 0 saturated carbocycles. The van der Waals surface area contributed by atoms with Gasteiger partial charge in [-0.3, -0.25) is 4.79 Å². The molecule has 0 aromatic heterocycles. The molecule has 1 aliphatic heterocycles. The summed E-state index contributed by atoms with van der Waals surface area (Å²) in [4.78, 5) is 25.7. The minimum absolute atomic E-state index is 0.0419. The number of nitrogens with zero attached hydrogens (tertiary/aromatic N) is 1. The topological polar surface area (TPSA) is 99.2 Å². The molecule has 0 unspecified atom stereocenters. The molecule has 0 spiro atoms. The molecule has 1 aromatic rings. The maximum atomic E-state index is 12.3. The van der Waals surface area contributed by atoms with Gasteiger partial charge in [-0.25, -0.2) is 13.2 Å². The van der Waals surface area contributed by atoms with Gasteiger partial charge in [-0.1, -0.05) is 6.07 Å². The smallest absolute Gasteiger partial charge is 0.331 e. The van der Waals surface area contributed by atoms with Crippen molar-refractivity contribution in [2.75, 3.05) is 38.9 Å².